The molecule has 2 heterocycles. The number of likely N-dealkylation sites (N-methyl/N-ethyl adjacent to an activating group) is 2. The Hall–Kier alpha value is -9.00. The normalized spacial score (nSPS) is 19.5. The predicted octanol–water partition coefficient (Wildman–Crippen LogP) is 8.40. The van der Waals surface area contributed by atoms with Gasteiger partial charge in [0.05, 0.1) is 17.8 Å². The average molecular weight is 1380 g/mol. The van der Waals surface area contributed by atoms with E-state index in [0.717, 1.165) is 69.5 Å². The second-order valence-electron chi connectivity index (χ2n) is 30.0. The van der Waals surface area contributed by atoms with Crippen LogP contribution in [0.1, 0.15) is 188 Å². The van der Waals surface area contributed by atoms with E-state index < -0.39 is 135 Å². The molecule has 1 fully saturated rings. The summed E-state index contributed by atoms with van der Waals surface area (Å²) < 4.78 is 9.71. The van der Waals surface area contributed by atoms with E-state index in [0.29, 0.717) is 29.7 Å². The van der Waals surface area contributed by atoms with E-state index in [1.165, 1.54) is 62.0 Å². The van der Waals surface area contributed by atoms with Crippen molar-refractivity contribution in [3.8, 4) is 0 Å². The molecule has 2 aliphatic carbocycles. The van der Waals surface area contributed by atoms with Crippen LogP contribution in [0.3, 0.4) is 0 Å². The minimum atomic E-state index is -1.45. The predicted molar refractivity (Wildman–Crippen MR) is 375 cm³/mol. The molecule has 24 nitrogen and oxygen atoms in total. The third-order valence-corrected chi connectivity index (χ3v) is 20.0. The highest BCUT2D eigenvalue weighted by Crippen LogP contribution is 2.37. The van der Waals surface area contributed by atoms with Gasteiger partial charge in [-0.05, 0) is 189 Å². The SMILES string of the molecule is CC(C(=O)NC(C(=O)N1Cc2cc(NC(=O)c3ccc(C(=O)N[C@H]4C[C@@H](C(=O)N[C@@H]5CCCc6ccccc65)N(C(=O)[C@@H](NC(=O)[C@H](C)N(C)C(=O)OC(C)(C)C)C(C)(C)C)C4)cc3)ccc2C[C@H]1C(=O)N[C@@H]1CCCc2ccccc21)C(C)(C)SCC(=O)O)N(C)C(=O)OC(C)(C)C. The molecule has 1 saturated heterocycles. The van der Waals surface area contributed by atoms with Gasteiger partial charge in [0.2, 0.25) is 35.4 Å². The number of rotatable bonds is 20. The van der Waals surface area contributed by atoms with Crippen LogP contribution in [0.25, 0.3) is 0 Å². The first kappa shape index (κ1) is 75.8. The van der Waals surface area contributed by atoms with Crippen molar-refractivity contribution < 1.29 is 67.3 Å². The van der Waals surface area contributed by atoms with Crippen LogP contribution in [-0.2, 0) is 68.8 Å². The van der Waals surface area contributed by atoms with Crippen LogP contribution in [0.5, 0.6) is 0 Å². The summed E-state index contributed by atoms with van der Waals surface area (Å²) in [5.74, 6) is -6.16. The average Bonchev–Trinajstić information content (AvgIpc) is 1.49. The quantitative estimate of drug-likeness (QED) is 0.0437. The summed E-state index contributed by atoms with van der Waals surface area (Å²) in [4.78, 5) is 160. The monoisotopic (exact) mass is 1380 g/mol. The van der Waals surface area contributed by atoms with Crippen molar-refractivity contribution in [3.05, 3.63) is 136 Å². The molecule has 7 N–H and O–H groups in total. The zero-order valence-electron chi connectivity index (χ0n) is 59.6. The maximum absolute atomic E-state index is 15.5. The number of carboxylic acid groups (broad SMARTS) is 1. The first-order valence-electron chi connectivity index (χ1n) is 33.9. The van der Waals surface area contributed by atoms with Gasteiger partial charge in [0.1, 0.15) is 47.5 Å². The number of aliphatic carboxylic acids is 1. The van der Waals surface area contributed by atoms with Crippen molar-refractivity contribution in [3.63, 3.8) is 0 Å². The second-order valence-corrected chi connectivity index (χ2v) is 31.6. The maximum Gasteiger partial charge on any atom is 0.410 e. The van der Waals surface area contributed by atoms with Gasteiger partial charge in [-0.3, -0.25) is 53.0 Å². The van der Waals surface area contributed by atoms with E-state index in [-0.39, 0.29) is 49.1 Å². The van der Waals surface area contributed by atoms with Gasteiger partial charge in [-0.1, -0.05) is 75.4 Å². The van der Waals surface area contributed by atoms with Gasteiger partial charge in [0, 0.05) is 61.2 Å². The number of nitrogens with one attached hydrogen (secondary N) is 6. The molecule has 99 heavy (non-hydrogen) atoms. The molecule has 0 saturated carbocycles. The molecular weight excluding hydrogens is 1280 g/mol. The van der Waals surface area contributed by atoms with Crippen molar-refractivity contribution in [2.45, 2.75) is 218 Å². The molecule has 8 rings (SSSR count). The molecule has 2 aliphatic heterocycles. The van der Waals surface area contributed by atoms with Gasteiger partial charge in [-0.2, -0.15) is 0 Å². The molecule has 4 aromatic rings. The number of carbonyl (C=O) groups excluding carboxylic acids is 10. The van der Waals surface area contributed by atoms with Crippen LogP contribution >= 0.6 is 11.8 Å². The highest BCUT2D eigenvalue weighted by molar-refractivity contribution is 8.01. The van der Waals surface area contributed by atoms with E-state index in [1.807, 2.05) is 48.5 Å². The first-order valence-corrected chi connectivity index (χ1v) is 34.9. The molecule has 4 aromatic carbocycles. The fourth-order valence-electron chi connectivity index (χ4n) is 12.9. The molecule has 0 radical (unpaired) electrons. The molecule has 0 aromatic heterocycles. The molecule has 4 aliphatic rings. The Bertz CT molecular complexity index is 3730. The number of anilines is 1. The van der Waals surface area contributed by atoms with Gasteiger partial charge in [-0.25, -0.2) is 9.59 Å². The topological polar surface area (TPSA) is 312 Å². The summed E-state index contributed by atoms with van der Waals surface area (Å²) >= 11 is 0.922. The minimum absolute atomic E-state index is 0.0322. The van der Waals surface area contributed by atoms with Crippen LogP contribution < -0.4 is 31.9 Å². The zero-order chi connectivity index (χ0) is 72.8. The van der Waals surface area contributed by atoms with Gasteiger partial charge in [-0.15, -0.1) is 11.8 Å². The van der Waals surface area contributed by atoms with Crippen LogP contribution in [0.15, 0.2) is 91.0 Å². The summed E-state index contributed by atoms with van der Waals surface area (Å²) in [5, 5.41) is 27.9. The van der Waals surface area contributed by atoms with Gasteiger partial charge >= 0.3 is 18.2 Å². The van der Waals surface area contributed by atoms with E-state index in [4.69, 9.17) is 9.47 Å². The number of nitrogens with zero attached hydrogens (tertiary/aromatic N) is 4. The number of likely N-dealkylation sites (tertiary alicyclic amines) is 1. The lowest BCUT2D eigenvalue weighted by atomic mass is 9.85. The first-order chi connectivity index (χ1) is 46.3. The number of fused-ring (bicyclic) bond motifs is 3. The Morgan fingerprint density at radius 3 is 1.55 bits per heavy atom. The number of benzene rings is 4. The minimum Gasteiger partial charge on any atom is -0.481 e. The fraction of sp³-hybridized carbons (Fsp3) is 0.527. The summed E-state index contributed by atoms with van der Waals surface area (Å²) in [6.07, 6.45) is 3.24. The summed E-state index contributed by atoms with van der Waals surface area (Å²) in [5.41, 5.74) is 3.53. The highest BCUT2D eigenvalue weighted by Gasteiger charge is 2.49. The lowest BCUT2D eigenvalue weighted by Gasteiger charge is -2.42. The van der Waals surface area contributed by atoms with Crippen molar-refractivity contribution >= 4 is 82.9 Å². The van der Waals surface area contributed by atoms with Crippen LogP contribution in [0.4, 0.5) is 15.3 Å². The summed E-state index contributed by atoms with van der Waals surface area (Å²) in [7, 11) is 2.82. The highest BCUT2D eigenvalue weighted by atomic mass is 32.2. The Kier molecular flexibility index (Phi) is 23.8. The van der Waals surface area contributed by atoms with Crippen molar-refractivity contribution in [1.82, 2.24) is 46.2 Å². The third kappa shape index (κ3) is 19.1. The van der Waals surface area contributed by atoms with Gasteiger partial charge in [0.15, 0.2) is 0 Å². The lowest BCUT2D eigenvalue weighted by molar-refractivity contribution is -0.145. The number of ether oxygens (including phenoxy) is 2. The van der Waals surface area contributed by atoms with Gasteiger partial charge in [0.25, 0.3) is 11.8 Å². The molecule has 534 valence electrons. The third-order valence-electron chi connectivity index (χ3n) is 18.7. The fourth-order valence-corrected chi connectivity index (χ4v) is 13.7. The number of aryl methyl sites for hydroxylation is 2. The molecular formula is C74H98N10O14S. The Morgan fingerprint density at radius 2 is 1.05 bits per heavy atom. The number of amides is 10. The Labute approximate surface area is 584 Å². The van der Waals surface area contributed by atoms with Crippen LogP contribution in [-0.4, -0.2) is 175 Å². The van der Waals surface area contributed by atoms with Crippen molar-refractivity contribution in [1.29, 1.82) is 0 Å². The number of carboxylic acids is 1. The van der Waals surface area contributed by atoms with E-state index in [2.05, 4.69) is 31.9 Å². The van der Waals surface area contributed by atoms with Crippen molar-refractivity contribution in [2.75, 3.05) is 31.7 Å². The molecule has 9 atom stereocenters. The lowest BCUT2D eigenvalue weighted by Crippen LogP contribution is -2.64. The second kappa shape index (κ2) is 31.0. The zero-order valence-corrected chi connectivity index (χ0v) is 60.4. The molecule has 10 amide bonds. The molecule has 25 heteroatoms. The summed E-state index contributed by atoms with van der Waals surface area (Å²) in [6.45, 7) is 21.5. The van der Waals surface area contributed by atoms with Crippen molar-refractivity contribution in [2.24, 2.45) is 5.41 Å². The number of thioether (sulfide) groups is 1. The molecule has 0 bridgehead atoms. The largest absolute Gasteiger partial charge is 0.481 e. The number of carbonyl (C=O) groups is 11. The van der Waals surface area contributed by atoms with Gasteiger partial charge < -0.3 is 56.3 Å². The molecule has 2 unspecified atom stereocenters. The standard InChI is InChI=1S/C74H98N10O14S/c1-42(81(14)69(95)97-72(6,7)8)61(87)79-59(71(3,4)5)67(93)84-40-51(38-57(84)66(92)78-55-29-21-25-45-23-17-19-27-53(45)55)76-64(90)47-32-30-46(31-33-47)63(89)75-50-35-34-48-37-56(65(91)77-54-28-20-24-44-22-16-18-26-52(44)54)83(39-49(48)36-50)68(94)60(74(12,13)99-41-58(85)86)80-62(88)43(2)82(15)70(96)98-73(9,10)11/h16-19,22-23,26-27,30-36,42-43,51,54-57,59-60H,20-21,24-25,28-29,37-41H2,1-15H3,(H,75,89)(H,76,90)(H,77,91)(H,78,92)(H,79,87)(H,80,88)(H,85,86)/t42-,43?,51-,54+,55+,56-,57-,59+,60?/m0/s1. The number of hydrogen-bond acceptors (Lipinski definition) is 14. The van der Waals surface area contributed by atoms with E-state index in [1.54, 1.807) is 94.4 Å². The maximum atomic E-state index is 15.5. The van der Waals surface area contributed by atoms with E-state index >= 15 is 9.59 Å². The van der Waals surface area contributed by atoms with Crippen LogP contribution in [0.2, 0.25) is 0 Å². The molecule has 0 spiro atoms. The number of hydrogen-bond donors (Lipinski definition) is 7. The summed E-state index contributed by atoms with van der Waals surface area (Å²) in [6, 6.07) is 18.3. The van der Waals surface area contributed by atoms with E-state index in [9.17, 15) is 48.3 Å². The Balaban J connectivity index is 1.01. The smallest absolute Gasteiger partial charge is 0.410 e. The Morgan fingerprint density at radius 1 is 0.576 bits per heavy atom. The van der Waals surface area contributed by atoms with Crippen LogP contribution in [0, 0.1) is 5.41 Å².